The Morgan fingerprint density at radius 2 is 2.43 bits per heavy atom. The molecule has 1 aliphatic rings. The molecule has 2 rings (SSSR count). The van der Waals surface area contributed by atoms with Crippen molar-refractivity contribution >= 4 is 17.6 Å². The number of ether oxygens (including phenoxy) is 1. The molecule has 2 N–H and O–H groups in total. The van der Waals surface area contributed by atoms with Gasteiger partial charge in [0.15, 0.2) is 5.16 Å². The van der Waals surface area contributed by atoms with E-state index in [-0.39, 0.29) is 0 Å². The van der Waals surface area contributed by atoms with E-state index in [1.54, 1.807) is 17.8 Å². The van der Waals surface area contributed by atoms with Gasteiger partial charge in [-0.2, -0.15) is 0 Å². The van der Waals surface area contributed by atoms with Gasteiger partial charge in [-0.25, -0.2) is 9.97 Å². The summed E-state index contributed by atoms with van der Waals surface area (Å²) in [7, 11) is 0. The molecule has 0 aromatic carbocycles. The van der Waals surface area contributed by atoms with Crippen LogP contribution in [0.25, 0.3) is 0 Å². The standard InChI is InChI=1S/C9H13N3OS/c1-6-4-8(10)12-9(11-6)14-7-2-3-13-5-7/h4,7H,2-3,5H2,1H3,(H2,10,11,12). The number of nitrogens with zero attached hydrogens (tertiary/aromatic N) is 2. The second-order valence-electron chi connectivity index (χ2n) is 3.32. The summed E-state index contributed by atoms with van der Waals surface area (Å²) in [4.78, 5) is 8.49. The van der Waals surface area contributed by atoms with Gasteiger partial charge < -0.3 is 10.5 Å². The van der Waals surface area contributed by atoms with Crippen molar-refractivity contribution in [2.75, 3.05) is 18.9 Å². The number of hydrogen-bond acceptors (Lipinski definition) is 5. The van der Waals surface area contributed by atoms with Gasteiger partial charge in [0, 0.05) is 23.6 Å². The Balaban J connectivity index is 2.07. The molecular formula is C9H13N3OS. The lowest BCUT2D eigenvalue weighted by molar-refractivity contribution is 0.199. The number of nitrogens with two attached hydrogens (primary N) is 1. The molecule has 0 aliphatic carbocycles. The Labute approximate surface area is 87.3 Å². The highest BCUT2D eigenvalue weighted by molar-refractivity contribution is 7.99. The number of aromatic nitrogens is 2. The Morgan fingerprint density at radius 1 is 1.57 bits per heavy atom. The minimum Gasteiger partial charge on any atom is -0.384 e. The van der Waals surface area contributed by atoms with Gasteiger partial charge in [0.05, 0.1) is 6.61 Å². The summed E-state index contributed by atoms with van der Waals surface area (Å²) in [6.45, 7) is 3.56. The zero-order chi connectivity index (χ0) is 9.97. The lowest BCUT2D eigenvalue weighted by Gasteiger charge is -2.06. The molecule has 5 heteroatoms. The SMILES string of the molecule is Cc1cc(N)nc(SC2CCOC2)n1. The molecule has 0 bridgehead atoms. The highest BCUT2D eigenvalue weighted by Crippen LogP contribution is 2.26. The predicted molar refractivity (Wildman–Crippen MR) is 56.3 cm³/mol. The van der Waals surface area contributed by atoms with Crippen molar-refractivity contribution in [3.05, 3.63) is 11.8 Å². The number of thioether (sulfide) groups is 1. The van der Waals surface area contributed by atoms with Crippen LogP contribution >= 0.6 is 11.8 Å². The summed E-state index contributed by atoms with van der Waals surface area (Å²) in [5.74, 6) is 0.541. The third kappa shape index (κ3) is 2.36. The largest absolute Gasteiger partial charge is 0.384 e. The van der Waals surface area contributed by atoms with E-state index in [9.17, 15) is 0 Å². The predicted octanol–water partition coefficient (Wildman–Crippen LogP) is 1.25. The van der Waals surface area contributed by atoms with Crippen molar-refractivity contribution in [2.24, 2.45) is 0 Å². The first-order chi connectivity index (χ1) is 6.74. The monoisotopic (exact) mass is 211 g/mol. The molecule has 0 radical (unpaired) electrons. The number of hydrogen-bond donors (Lipinski definition) is 1. The van der Waals surface area contributed by atoms with E-state index in [1.807, 2.05) is 6.92 Å². The minimum atomic E-state index is 0.483. The Morgan fingerprint density at radius 3 is 3.07 bits per heavy atom. The fourth-order valence-corrected chi connectivity index (χ4v) is 2.40. The van der Waals surface area contributed by atoms with E-state index >= 15 is 0 Å². The molecule has 1 aromatic rings. The third-order valence-corrected chi connectivity index (χ3v) is 3.11. The quantitative estimate of drug-likeness (QED) is 0.746. The molecule has 1 aromatic heterocycles. The zero-order valence-corrected chi connectivity index (χ0v) is 8.88. The molecule has 2 heterocycles. The molecule has 76 valence electrons. The van der Waals surface area contributed by atoms with Crippen molar-refractivity contribution in [2.45, 2.75) is 23.8 Å². The minimum absolute atomic E-state index is 0.483. The highest BCUT2D eigenvalue weighted by Gasteiger charge is 2.18. The van der Waals surface area contributed by atoms with Crippen molar-refractivity contribution in [1.29, 1.82) is 0 Å². The van der Waals surface area contributed by atoms with E-state index in [0.717, 1.165) is 30.5 Å². The molecule has 14 heavy (non-hydrogen) atoms. The molecule has 1 saturated heterocycles. The van der Waals surface area contributed by atoms with Crippen molar-refractivity contribution in [1.82, 2.24) is 9.97 Å². The maximum Gasteiger partial charge on any atom is 0.190 e. The second-order valence-corrected chi connectivity index (χ2v) is 4.59. The zero-order valence-electron chi connectivity index (χ0n) is 8.06. The smallest absolute Gasteiger partial charge is 0.190 e. The van der Waals surface area contributed by atoms with Gasteiger partial charge in [0.2, 0.25) is 0 Å². The van der Waals surface area contributed by atoms with Gasteiger partial charge in [-0.3, -0.25) is 0 Å². The molecule has 1 fully saturated rings. The average molecular weight is 211 g/mol. The fourth-order valence-electron chi connectivity index (χ4n) is 1.37. The Bertz CT molecular complexity index is 306. The first-order valence-corrected chi connectivity index (χ1v) is 5.47. The molecule has 4 nitrogen and oxygen atoms in total. The van der Waals surface area contributed by atoms with Gasteiger partial charge in [-0.05, 0) is 13.3 Å². The van der Waals surface area contributed by atoms with E-state index < -0.39 is 0 Å². The molecule has 0 saturated carbocycles. The first-order valence-electron chi connectivity index (χ1n) is 4.59. The van der Waals surface area contributed by atoms with E-state index in [0.29, 0.717) is 11.1 Å². The van der Waals surface area contributed by atoms with E-state index in [1.165, 1.54) is 0 Å². The van der Waals surface area contributed by atoms with Crippen molar-refractivity contribution in [3.8, 4) is 0 Å². The maximum absolute atomic E-state index is 5.64. The van der Waals surface area contributed by atoms with Gasteiger partial charge in [0.1, 0.15) is 5.82 Å². The number of rotatable bonds is 2. The molecular weight excluding hydrogens is 198 g/mol. The van der Waals surface area contributed by atoms with Gasteiger partial charge in [0.25, 0.3) is 0 Å². The topological polar surface area (TPSA) is 61.0 Å². The van der Waals surface area contributed by atoms with E-state index in [4.69, 9.17) is 10.5 Å². The van der Waals surface area contributed by atoms with Gasteiger partial charge in [-0.15, -0.1) is 0 Å². The summed E-state index contributed by atoms with van der Waals surface area (Å²) in [6, 6.07) is 1.77. The molecule has 0 spiro atoms. The molecule has 1 unspecified atom stereocenters. The van der Waals surface area contributed by atoms with Crippen molar-refractivity contribution < 1.29 is 4.74 Å². The van der Waals surface area contributed by atoms with Crippen molar-refractivity contribution in [3.63, 3.8) is 0 Å². The van der Waals surface area contributed by atoms with Crippen LogP contribution in [-0.4, -0.2) is 28.4 Å². The number of aryl methyl sites for hydroxylation is 1. The van der Waals surface area contributed by atoms with Crippen LogP contribution in [0.1, 0.15) is 12.1 Å². The third-order valence-electron chi connectivity index (χ3n) is 2.01. The highest BCUT2D eigenvalue weighted by atomic mass is 32.2. The van der Waals surface area contributed by atoms with Gasteiger partial charge >= 0.3 is 0 Å². The molecule has 1 aliphatic heterocycles. The molecule has 1 atom stereocenters. The van der Waals surface area contributed by atoms with Crippen LogP contribution in [0.15, 0.2) is 11.2 Å². The van der Waals surface area contributed by atoms with Crippen LogP contribution in [0.2, 0.25) is 0 Å². The Hall–Kier alpha value is -0.810. The number of anilines is 1. The van der Waals surface area contributed by atoms with Gasteiger partial charge in [-0.1, -0.05) is 11.8 Å². The van der Waals surface area contributed by atoms with E-state index in [2.05, 4.69) is 9.97 Å². The molecule has 0 amide bonds. The van der Waals surface area contributed by atoms with Crippen LogP contribution in [0.5, 0.6) is 0 Å². The summed E-state index contributed by atoms with van der Waals surface area (Å²) < 4.78 is 5.28. The summed E-state index contributed by atoms with van der Waals surface area (Å²) >= 11 is 1.65. The lowest BCUT2D eigenvalue weighted by atomic mass is 10.4. The lowest BCUT2D eigenvalue weighted by Crippen LogP contribution is -2.04. The summed E-state index contributed by atoms with van der Waals surface area (Å²) in [6.07, 6.45) is 1.07. The normalized spacial score (nSPS) is 21.4. The average Bonchev–Trinajstić information content (AvgIpc) is 2.54. The van der Waals surface area contributed by atoms with Crippen LogP contribution in [0, 0.1) is 6.92 Å². The van der Waals surface area contributed by atoms with Crippen LogP contribution in [-0.2, 0) is 4.74 Å². The summed E-state index contributed by atoms with van der Waals surface area (Å²) in [5.41, 5.74) is 6.55. The van der Waals surface area contributed by atoms with Crippen LogP contribution in [0.4, 0.5) is 5.82 Å². The maximum atomic E-state index is 5.64. The first kappa shape index (κ1) is 9.73. The second kappa shape index (κ2) is 4.14. The van der Waals surface area contributed by atoms with Crippen LogP contribution in [0.3, 0.4) is 0 Å². The van der Waals surface area contributed by atoms with Crippen LogP contribution < -0.4 is 5.73 Å². The fraction of sp³-hybridized carbons (Fsp3) is 0.556. The Kier molecular flexibility index (Phi) is 2.88. The summed E-state index contributed by atoms with van der Waals surface area (Å²) in [5, 5.41) is 1.24. The number of nitrogen functional groups attached to an aromatic ring is 1.